The first-order valence-corrected chi connectivity index (χ1v) is 14.2. The van der Waals surface area contributed by atoms with Gasteiger partial charge < -0.3 is 15.3 Å². The molecule has 4 rings (SSSR count). The average Bonchev–Trinajstić information content (AvgIpc) is 3.40. The van der Waals surface area contributed by atoms with E-state index >= 15 is 0 Å². The number of aromatic nitrogens is 4. The number of rotatable bonds is 8. The van der Waals surface area contributed by atoms with Gasteiger partial charge in [0.25, 0.3) is 0 Å². The zero-order chi connectivity index (χ0) is 27.3. The van der Waals surface area contributed by atoms with E-state index in [0.29, 0.717) is 18.3 Å². The Morgan fingerprint density at radius 1 is 1.08 bits per heavy atom. The number of aromatic amines is 1. The van der Waals surface area contributed by atoms with E-state index in [1.807, 2.05) is 60.4 Å². The minimum absolute atomic E-state index is 0.0409. The normalized spacial score (nSPS) is 19.5. The van der Waals surface area contributed by atoms with Crippen LogP contribution >= 0.6 is 15.9 Å². The van der Waals surface area contributed by atoms with Crippen molar-refractivity contribution in [3.63, 3.8) is 0 Å². The Morgan fingerprint density at radius 3 is 2.29 bits per heavy atom. The Labute approximate surface area is 233 Å². The lowest BCUT2D eigenvalue weighted by atomic mass is 9.71. The van der Waals surface area contributed by atoms with Crippen LogP contribution < -0.4 is 5.32 Å². The van der Waals surface area contributed by atoms with Crippen LogP contribution in [0.1, 0.15) is 88.0 Å². The van der Waals surface area contributed by atoms with Crippen molar-refractivity contribution in [3.8, 4) is 0 Å². The number of amides is 2. The number of urea groups is 1. The zero-order valence-electron chi connectivity index (χ0n) is 22.7. The summed E-state index contributed by atoms with van der Waals surface area (Å²) in [5.41, 5.74) is 3.17. The number of carbonyl (C=O) groups excluding carboxylic acids is 1. The van der Waals surface area contributed by atoms with Gasteiger partial charge in [0.2, 0.25) is 0 Å². The molecule has 3 N–H and O–H groups in total. The van der Waals surface area contributed by atoms with Gasteiger partial charge in [-0.3, -0.25) is 0 Å². The van der Waals surface area contributed by atoms with E-state index in [2.05, 4.69) is 62.6 Å². The van der Waals surface area contributed by atoms with Gasteiger partial charge in [0, 0.05) is 23.5 Å². The maximum Gasteiger partial charge on any atom is 0.318 e. The van der Waals surface area contributed by atoms with E-state index in [1.54, 1.807) is 0 Å². The van der Waals surface area contributed by atoms with Gasteiger partial charge in [-0.1, -0.05) is 78.3 Å². The highest BCUT2D eigenvalue weighted by Crippen LogP contribution is 2.39. The molecule has 0 unspecified atom stereocenters. The van der Waals surface area contributed by atoms with Crippen molar-refractivity contribution < 1.29 is 9.90 Å². The summed E-state index contributed by atoms with van der Waals surface area (Å²) in [6.07, 6.45) is 3.83. The molecule has 1 fully saturated rings. The summed E-state index contributed by atoms with van der Waals surface area (Å²) < 4.78 is 1.02. The van der Waals surface area contributed by atoms with Gasteiger partial charge in [-0.2, -0.15) is 5.21 Å². The molecule has 0 bridgehead atoms. The van der Waals surface area contributed by atoms with Crippen LogP contribution in [0.4, 0.5) is 4.79 Å². The number of nitrogens with zero attached hydrogens (tertiary/aromatic N) is 4. The second kappa shape index (κ2) is 12.4. The molecule has 1 saturated carbocycles. The van der Waals surface area contributed by atoms with Crippen molar-refractivity contribution in [2.24, 2.45) is 11.3 Å². The first-order valence-electron chi connectivity index (χ1n) is 13.4. The standard InChI is InChI=1S/C29H39BrN6O2/c1-19(21-9-13-24(30)14-10-21)31-28(38)36(25-15-11-23(12-16-25)29(2,3)4)18-20-5-7-22(8-6-20)26(37)17-27-32-34-35-33-27/h5-10,13-14,19,23,25-26,37H,11-12,15-18H2,1-4H3,(H,31,38)(H,32,33,34,35)/t19-,23?,25?,26+/m0/s1. The Balaban J connectivity index is 1.47. The van der Waals surface area contributed by atoms with Crippen LogP contribution in [0.15, 0.2) is 53.0 Å². The van der Waals surface area contributed by atoms with Crippen LogP contribution in [0.5, 0.6) is 0 Å². The Hall–Kier alpha value is -2.78. The van der Waals surface area contributed by atoms with Crippen LogP contribution in [0, 0.1) is 11.3 Å². The molecule has 2 atom stereocenters. The highest BCUT2D eigenvalue weighted by atomic mass is 79.9. The molecular formula is C29H39BrN6O2. The summed E-state index contributed by atoms with van der Waals surface area (Å²) in [6.45, 7) is 9.49. The van der Waals surface area contributed by atoms with E-state index < -0.39 is 6.10 Å². The first-order chi connectivity index (χ1) is 18.1. The molecule has 0 saturated heterocycles. The number of carbonyl (C=O) groups is 1. The SMILES string of the molecule is C[C@H](NC(=O)N(Cc1ccc([C@H](O)Cc2nn[nH]n2)cc1)C1CCC(C(C)(C)C)CC1)c1ccc(Br)cc1. The summed E-state index contributed by atoms with van der Waals surface area (Å²) >= 11 is 3.48. The first kappa shape index (κ1) is 28.2. The lowest BCUT2D eigenvalue weighted by Crippen LogP contribution is -2.48. The van der Waals surface area contributed by atoms with Crippen LogP contribution in [0.25, 0.3) is 0 Å². The molecule has 9 heteroatoms. The number of benzene rings is 2. The molecule has 0 spiro atoms. The fourth-order valence-electron chi connectivity index (χ4n) is 5.32. The van der Waals surface area contributed by atoms with E-state index in [9.17, 15) is 9.90 Å². The van der Waals surface area contributed by atoms with E-state index in [0.717, 1.165) is 46.8 Å². The molecule has 0 radical (unpaired) electrons. The highest BCUT2D eigenvalue weighted by molar-refractivity contribution is 9.10. The molecule has 204 valence electrons. The number of nitrogens with one attached hydrogen (secondary N) is 2. The largest absolute Gasteiger partial charge is 0.388 e. The van der Waals surface area contributed by atoms with Crippen LogP contribution in [-0.2, 0) is 13.0 Å². The van der Waals surface area contributed by atoms with Gasteiger partial charge in [0.15, 0.2) is 5.82 Å². The quantitative estimate of drug-likeness (QED) is 0.297. The molecule has 38 heavy (non-hydrogen) atoms. The highest BCUT2D eigenvalue weighted by Gasteiger charge is 2.34. The molecule has 1 heterocycles. The summed E-state index contributed by atoms with van der Waals surface area (Å²) in [7, 11) is 0. The molecular weight excluding hydrogens is 544 g/mol. The Bertz CT molecular complexity index is 1150. The van der Waals surface area contributed by atoms with Crippen molar-refractivity contribution in [2.75, 3.05) is 0 Å². The van der Waals surface area contributed by atoms with E-state index in [1.165, 1.54) is 0 Å². The van der Waals surface area contributed by atoms with Gasteiger partial charge in [-0.15, -0.1) is 10.2 Å². The van der Waals surface area contributed by atoms with E-state index in [-0.39, 0.29) is 30.0 Å². The fourth-order valence-corrected chi connectivity index (χ4v) is 5.59. The van der Waals surface area contributed by atoms with Crippen molar-refractivity contribution in [1.29, 1.82) is 0 Å². The third-order valence-electron chi connectivity index (χ3n) is 7.82. The molecule has 8 nitrogen and oxygen atoms in total. The van der Waals surface area contributed by atoms with Crippen LogP contribution in [-0.4, -0.2) is 42.7 Å². The summed E-state index contributed by atoms with van der Waals surface area (Å²) in [4.78, 5) is 15.7. The summed E-state index contributed by atoms with van der Waals surface area (Å²) in [6, 6.07) is 15.9. The number of H-pyrrole nitrogens is 1. The molecule has 3 aromatic rings. The summed E-state index contributed by atoms with van der Waals surface area (Å²) in [5, 5.41) is 27.6. The van der Waals surface area contributed by atoms with Crippen LogP contribution in [0.3, 0.4) is 0 Å². The number of aliphatic hydroxyl groups excluding tert-OH is 1. The number of tetrazole rings is 1. The third kappa shape index (κ3) is 7.41. The number of hydrogen-bond donors (Lipinski definition) is 3. The van der Waals surface area contributed by atoms with Gasteiger partial charge in [0.05, 0.1) is 12.1 Å². The topological polar surface area (TPSA) is 107 Å². The Kier molecular flexibility index (Phi) is 9.20. The second-order valence-electron chi connectivity index (χ2n) is 11.5. The molecule has 1 aromatic heterocycles. The van der Waals surface area contributed by atoms with Gasteiger partial charge >= 0.3 is 6.03 Å². The molecule has 1 aliphatic rings. The predicted molar refractivity (Wildman–Crippen MR) is 151 cm³/mol. The number of halogens is 1. The maximum atomic E-state index is 13.7. The smallest absolute Gasteiger partial charge is 0.318 e. The van der Waals surface area contributed by atoms with E-state index in [4.69, 9.17) is 0 Å². The van der Waals surface area contributed by atoms with Crippen molar-refractivity contribution in [1.82, 2.24) is 30.8 Å². The zero-order valence-corrected chi connectivity index (χ0v) is 24.3. The van der Waals surface area contributed by atoms with Crippen LogP contribution in [0.2, 0.25) is 0 Å². The second-order valence-corrected chi connectivity index (χ2v) is 12.4. The van der Waals surface area contributed by atoms with Crippen molar-refractivity contribution in [2.45, 2.75) is 84.5 Å². The fraction of sp³-hybridized carbons (Fsp3) is 0.517. The van der Waals surface area contributed by atoms with Crippen molar-refractivity contribution in [3.05, 3.63) is 75.5 Å². The lowest BCUT2D eigenvalue weighted by molar-refractivity contribution is 0.103. The predicted octanol–water partition coefficient (Wildman–Crippen LogP) is 6.12. The average molecular weight is 584 g/mol. The summed E-state index contributed by atoms with van der Waals surface area (Å²) in [5.74, 6) is 1.14. The van der Waals surface area contributed by atoms with Gasteiger partial charge in [0.1, 0.15) is 0 Å². The molecule has 2 amide bonds. The minimum Gasteiger partial charge on any atom is -0.388 e. The minimum atomic E-state index is -0.722. The third-order valence-corrected chi connectivity index (χ3v) is 8.34. The van der Waals surface area contributed by atoms with Gasteiger partial charge in [-0.05, 0) is 72.8 Å². The molecule has 1 aliphatic carbocycles. The maximum absolute atomic E-state index is 13.7. The monoisotopic (exact) mass is 582 g/mol. The van der Waals surface area contributed by atoms with Gasteiger partial charge in [-0.25, -0.2) is 4.79 Å². The number of hydrogen-bond acceptors (Lipinski definition) is 5. The van der Waals surface area contributed by atoms with Crippen molar-refractivity contribution >= 4 is 22.0 Å². The Morgan fingerprint density at radius 2 is 1.71 bits per heavy atom. The molecule has 2 aromatic carbocycles. The lowest BCUT2D eigenvalue weighted by Gasteiger charge is -2.41. The number of aliphatic hydroxyl groups is 1. The molecule has 0 aliphatic heterocycles.